The van der Waals surface area contributed by atoms with E-state index in [1.807, 2.05) is 0 Å². The predicted molar refractivity (Wildman–Crippen MR) is 70.0 cm³/mol. The molecule has 1 atom stereocenters. The number of hydrogen-bond donors (Lipinski definition) is 3. The van der Waals surface area contributed by atoms with Crippen LogP contribution in [-0.4, -0.2) is 22.2 Å². The number of carboxylic acid groups (broad SMARTS) is 1. The van der Waals surface area contributed by atoms with Gasteiger partial charge in [-0.3, -0.25) is 0 Å². The molecular weight excluding hydrogens is 228 g/mol. The second-order valence-electron chi connectivity index (χ2n) is 5.02. The van der Waals surface area contributed by atoms with Crippen LogP contribution in [0.15, 0.2) is 18.2 Å². The van der Waals surface area contributed by atoms with Crippen molar-refractivity contribution in [2.45, 2.75) is 32.2 Å². The van der Waals surface area contributed by atoms with Crippen LogP contribution in [0.1, 0.15) is 23.2 Å². The lowest BCUT2D eigenvalue weighted by Gasteiger charge is -2.22. The van der Waals surface area contributed by atoms with Crippen LogP contribution in [0.5, 0.6) is 0 Å². The maximum Gasteiger partial charge on any atom is 0.404 e. The van der Waals surface area contributed by atoms with Crippen LogP contribution in [-0.2, 0) is 12.8 Å². The molecule has 0 saturated carbocycles. The van der Waals surface area contributed by atoms with E-state index in [-0.39, 0.29) is 6.04 Å². The molecule has 0 saturated heterocycles. The molecule has 1 amide bonds. The van der Waals surface area contributed by atoms with E-state index in [1.165, 1.54) is 22.2 Å². The van der Waals surface area contributed by atoms with Crippen molar-refractivity contribution >= 4 is 17.0 Å². The molecule has 1 heterocycles. The van der Waals surface area contributed by atoms with E-state index in [1.54, 1.807) is 0 Å². The Morgan fingerprint density at radius 1 is 1.50 bits per heavy atom. The van der Waals surface area contributed by atoms with Crippen LogP contribution in [0.4, 0.5) is 4.79 Å². The molecule has 1 unspecified atom stereocenters. The molecule has 0 fully saturated rings. The second kappa shape index (κ2) is 4.05. The van der Waals surface area contributed by atoms with E-state index < -0.39 is 6.09 Å². The summed E-state index contributed by atoms with van der Waals surface area (Å²) in [5.74, 6) is 0. The fourth-order valence-corrected chi connectivity index (χ4v) is 2.83. The van der Waals surface area contributed by atoms with E-state index in [4.69, 9.17) is 5.11 Å². The Balaban J connectivity index is 2.00. The van der Waals surface area contributed by atoms with Crippen molar-refractivity contribution in [3.05, 3.63) is 35.0 Å². The second-order valence-corrected chi connectivity index (χ2v) is 5.02. The lowest BCUT2D eigenvalue weighted by molar-refractivity contribution is 0.188. The van der Waals surface area contributed by atoms with Crippen molar-refractivity contribution < 1.29 is 9.90 Å². The molecule has 3 N–H and O–H groups in total. The van der Waals surface area contributed by atoms with E-state index >= 15 is 0 Å². The summed E-state index contributed by atoms with van der Waals surface area (Å²) in [5, 5.41) is 12.6. The predicted octanol–water partition coefficient (Wildman–Crippen LogP) is 2.60. The summed E-state index contributed by atoms with van der Waals surface area (Å²) < 4.78 is 0. The van der Waals surface area contributed by atoms with Gasteiger partial charge in [-0.15, -0.1) is 0 Å². The van der Waals surface area contributed by atoms with Gasteiger partial charge < -0.3 is 15.4 Å². The van der Waals surface area contributed by atoms with Crippen molar-refractivity contribution in [3.63, 3.8) is 0 Å². The molecule has 1 aliphatic carbocycles. The highest BCUT2D eigenvalue weighted by Gasteiger charge is 2.23. The van der Waals surface area contributed by atoms with Crippen LogP contribution in [0.3, 0.4) is 0 Å². The highest BCUT2D eigenvalue weighted by molar-refractivity contribution is 5.85. The molecule has 3 rings (SSSR count). The standard InChI is InChI=1S/C14H16N2O2/c1-8-2-4-12-10(6-8)11-7-9(15-14(17)18)3-5-13(11)16-12/h2,4,6,9,15-16H,3,5,7H2,1H3,(H,17,18). The third-order valence-electron chi connectivity index (χ3n) is 3.67. The number of aryl methyl sites for hydroxylation is 2. The van der Waals surface area contributed by atoms with Crippen molar-refractivity contribution in [1.29, 1.82) is 0 Å². The molecule has 1 aliphatic rings. The Morgan fingerprint density at radius 2 is 2.33 bits per heavy atom. The molecule has 0 bridgehead atoms. The van der Waals surface area contributed by atoms with Gasteiger partial charge in [0.05, 0.1) is 0 Å². The monoisotopic (exact) mass is 244 g/mol. The Bertz CT molecular complexity index is 616. The third-order valence-corrected chi connectivity index (χ3v) is 3.67. The average molecular weight is 244 g/mol. The van der Waals surface area contributed by atoms with E-state index in [2.05, 4.69) is 35.4 Å². The van der Waals surface area contributed by atoms with Crippen LogP contribution >= 0.6 is 0 Å². The summed E-state index contributed by atoms with van der Waals surface area (Å²) >= 11 is 0. The van der Waals surface area contributed by atoms with Crippen molar-refractivity contribution in [2.24, 2.45) is 0 Å². The first kappa shape index (κ1) is 11.1. The number of aromatic amines is 1. The molecule has 0 radical (unpaired) electrons. The number of nitrogens with one attached hydrogen (secondary N) is 2. The number of hydrogen-bond acceptors (Lipinski definition) is 1. The zero-order valence-corrected chi connectivity index (χ0v) is 10.3. The Kier molecular flexibility index (Phi) is 2.51. The van der Waals surface area contributed by atoms with Gasteiger partial charge in [0.15, 0.2) is 0 Å². The highest BCUT2D eigenvalue weighted by Crippen LogP contribution is 2.29. The van der Waals surface area contributed by atoms with Crippen LogP contribution in [0.25, 0.3) is 10.9 Å². The minimum absolute atomic E-state index is 0.0366. The van der Waals surface area contributed by atoms with E-state index in [9.17, 15) is 4.79 Å². The maximum absolute atomic E-state index is 10.7. The van der Waals surface area contributed by atoms with Crippen molar-refractivity contribution in [3.8, 4) is 0 Å². The molecule has 4 nitrogen and oxygen atoms in total. The minimum atomic E-state index is -0.931. The topological polar surface area (TPSA) is 65.1 Å². The summed E-state index contributed by atoms with van der Waals surface area (Å²) in [6, 6.07) is 6.41. The van der Waals surface area contributed by atoms with Gasteiger partial charge in [-0.05, 0) is 43.9 Å². The van der Waals surface area contributed by atoms with Crippen LogP contribution in [0, 0.1) is 6.92 Å². The molecule has 1 aromatic heterocycles. The first-order valence-corrected chi connectivity index (χ1v) is 6.23. The number of benzene rings is 1. The fraction of sp³-hybridized carbons (Fsp3) is 0.357. The lowest BCUT2D eigenvalue weighted by Crippen LogP contribution is -2.37. The number of H-pyrrole nitrogens is 1. The van der Waals surface area contributed by atoms with Gasteiger partial charge in [0.1, 0.15) is 0 Å². The van der Waals surface area contributed by atoms with Crippen LogP contribution < -0.4 is 5.32 Å². The lowest BCUT2D eigenvalue weighted by atomic mass is 9.91. The third kappa shape index (κ3) is 1.83. The molecule has 4 heteroatoms. The number of aromatic nitrogens is 1. The molecule has 1 aromatic carbocycles. The van der Waals surface area contributed by atoms with Gasteiger partial charge >= 0.3 is 6.09 Å². The zero-order valence-electron chi connectivity index (χ0n) is 10.3. The smallest absolute Gasteiger partial charge is 0.404 e. The molecule has 0 spiro atoms. The Hall–Kier alpha value is -1.97. The maximum atomic E-state index is 10.7. The quantitative estimate of drug-likeness (QED) is 0.722. The molecule has 2 aromatic rings. The van der Waals surface area contributed by atoms with E-state index in [0.29, 0.717) is 0 Å². The number of fused-ring (bicyclic) bond motifs is 3. The van der Waals surface area contributed by atoms with Crippen molar-refractivity contribution in [2.75, 3.05) is 0 Å². The molecule has 18 heavy (non-hydrogen) atoms. The minimum Gasteiger partial charge on any atom is -0.465 e. The molecule has 94 valence electrons. The zero-order chi connectivity index (χ0) is 12.7. The summed E-state index contributed by atoms with van der Waals surface area (Å²) in [4.78, 5) is 14.2. The van der Waals surface area contributed by atoms with Gasteiger partial charge in [0.2, 0.25) is 0 Å². The number of carbonyl (C=O) groups is 1. The summed E-state index contributed by atoms with van der Waals surface area (Å²) in [5.41, 5.74) is 4.93. The van der Waals surface area contributed by atoms with Gasteiger partial charge in [-0.2, -0.15) is 0 Å². The van der Waals surface area contributed by atoms with E-state index in [0.717, 1.165) is 24.8 Å². The molecule has 0 aliphatic heterocycles. The van der Waals surface area contributed by atoms with Crippen LogP contribution in [0.2, 0.25) is 0 Å². The summed E-state index contributed by atoms with van der Waals surface area (Å²) in [6.07, 6.45) is 1.63. The van der Waals surface area contributed by atoms with Crippen molar-refractivity contribution in [1.82, 2.24) is 10.3 Å². The molecular formula is C14H16N2O2. The fourth-order valence-electron chi connectivity index (χ4n) is 2.83. The highest BCUT2D eigenvalue weighted by atomic mass is 16.4. The summed E-state index contributed by atoms with van der Waals surface area (Å²) in [6.45, 7) is 2.08. The number of rotatable bonds is 1. The number of amides is 1. The Labute approximate surface area is 105 Å². The van der Waals surface area contributed by atoms with Gasteiger partial charge in [0, 0.05) is 22.6 Å². The first-order valence-electron chi connectivity index (χ1n) is 6.23. The largest absolute Gasteiger partial charge is 0.465 e. The normalized spacial score (nSPS) is 18.6. The average Bonchev–Trinajstić information content (AvgIpc) is 2.66. The summed E-state index contributed by atoms with van der Waals surface area (Å²) in [7, 11) is 0. The SMILES string of the molecule is Cc1ccc2[nH]c3c(c2c1)CC(NC(=O)O)CC3. The Morgan fingerprint density at radius 3 is 3.11 bits per heavy atom. The van der Waals surface area contributed by atoms with Gasteiger partial charge in [-0.25, -0.2) is 4.79 Å². The van der Waals surface area contributed by atoms with Gasteiger partial charge in [-0.1, -0.05) is 11.6 Å². The first-order chi connectivity index (χ1) is 8.63. The van der Waals surface area contributed by atoms with Gasteiger partial charge in [0.25, 0.3) is 0 Å².